The second-order valence-corrected chi connectivity index (χ2v) is 7.78. The number of hydrogen-bond donors (Lipinski definition) is 0. The minimum absolute atomic E-state index is 0.449. The Morgan fingerprint density at radius 2 is 1.62 bits per heavy atom. The molecule has 5 aromatic rings. The normalized spacial score (nSPS) is 11.6. The Bertz CT molecular complexity index is 1350. The monoisotopic (exact) mass is 378 g/mol. The lowest BCUT2D eigenvalue weighted by molar-refractivity contribution is 0.655. The van der Waals surface area contributed by atoms with E-state index < -0.39 is 0 Å². The quantitative estimate of drug-likeness (QED) is 0.335. The molecule has 0 spiro atoms. The summed E-state index contributed by atoms with van der Waals surface area (Å²) in [6.07, 6.45) is 1.88. The molecule has 3 nitrogen and oxygen atoms in total. The van der Waals surface area contributed by atoms with Crippen LogP contribution in [0.1, 0.15) is 30.9 Å². The van der Waals surface area contributed by atoms with Gasteiger partial charge in [-0.05, 0) is 54.3 Å². The highest BCUT2D eigenvalue weighted by Crippen LogP contribution is 2.36. The molecule has 0 N–H and O–H groups in total. The lowest BCUT2D eigenvalue weighted by Crippen LogP contribution is -1.90. The lowest BCUT2D eigenvalue weighted by atomic mass is 10.0. The minimum atomic E-state index is 0.449. The summed E-state index contributed by atoms with van der Waals surface area (Å²) in [7, 11) is 0. The number of hydrogen-bond acceptors (Lipinski definition) is 3. The molecule has 3 heteroatoms. The molecule has 29 heavy (non-hydrogen) atoms. The van der Waals surface area contributed by atoms with Gasteiger partial charge in [-0.2, -0.15) is 0 Å². The van der Waals surface area contributed by atoms with Crippen molar-refractivity contribution in [3.05, 3.63) is 84.1 Å². The van der Waals surface area contributed by atoms with Crippen LogP contribution in [0.4, 0.5) is 0 Å². The second-order valence-electron chi connectivity index (χ2n) is 7.78. The number of para-hydroxylation sites is 1. The van der Waals surface area contributed by atoms with E-state index in [4.69, 9.17) is 9.40 Å². The Labute approximate surface area is 170 Å². The first-order chi connectivity index (χ1) is 14.1. The number of fused-ring (bicyclic) bond motifs is 3. The van der Waals surface area contributed by atoms with Crippen molar-refractivity contribution in [2.24, 2.45) is 0 Å². The molecule has 5 rings (SSSR count). The van der Waals surface area contributed by atoms with Crippen molar-refractivity contribution in [1.82, 2.24) is 9.97 Å². The van der Waals surface area contributed by atoms with E-state index in [2.05, 4.69) is 80.4 Å². The fourth-order valence-electron chi connectivity index (χ4n) is 3.84. The van der Waals surface area contributed by atoms with Crippen molar-refractivity contribution in [3.63, 3.8) is 0 Å². The topological polar surface area (TPSA) is 38.9 Å². The molecule has 2 aromatic carbocycles. The Balaban J connectivity index is 1.71. The summed E-state index contributed by atoms with van der Waals surface area (Å²) in [4.78, 5) is 9.45. The number of aromatic nitrogens is 2. The molecule has 0 aliphatic heterocycles. The summed E-state index contributed by atoms with van der Waals surface area (Å²) < 4.78 is 6.29. The number of nitrogens with zero attached hydrogens (tertiary/aromatic N) is 2. The van der Waals surface area contributed by atoms with E-state index in [-0.39, 0.29) is 0 Å². The van der Waals surface area contributed by atoms with Crippen molar-refractivity contribution in [2.45, 2.75) is 26.7 Å². The molecule has 0 fully saturated rings. The van der Waals surface area contributed by atoms with Gasteiger partial charge in [0.05, 0.1) is 11.4 Å². The SMILES string of the molecule is Cc1ccccc1-c1ccc2c(n1)oc1c(-c3cc(C(C)C)ccn3)cccc12. The van der Waals surface area contributed by atoms with Gasteiger partial charge in [0.15, 0.2) is 0 Å². The highest BCUT2D eigenvalue weighted by atomic mass is 16.3. The van der Waals surface area contributed by atoms with Gasteiger partial charge in [-0.1, -0.05) is 50.2 Å². The Morgan fingerprint density at radius 3 is 2.45 bits per heavy atom. The van der Waals surface area contributed by atoms with Crippen LogP contribution in [0.5, 0.6) is 0 Å². The van der Waals surface area contributed by atoms with Gasteiger partial charge in [-0.15, -0.1) is 0 Å². The smallest absolute Gasteiger partial charge is 0.227 e. The Kier molecular flexibility index (Phi) is 4.17. The first-order valence-electron chi connectivity index (χ1n) is 9.96. The van der Waals surface area contributed by atoms with Gasteiger partial charge in [-0.25, -0.2) is 4.98 Å². The van der Waals surface area contributed by atoms with Crippen LogP contribution in [0.2, 0.25) is 0 Å². The van der Waals surface area contributed by atoms with Crippen molar-refractivity contribution in [2.75, 3.05) is 0 Å². The second kappa shape index (κ2) is 6.85. The maximum absolute atomic E-state index is 6.29. The van der Waals surface area contributed by atoms with Crippen LogP contribution in [0, 0.1) is 6.92 Å². The van der Waals surface area contributed by atoms with E-state index in [9.17, 15) is 0 Å². The highest BCUT2D eigenvalue weighted by Gasteiger charge is 2.15. The predicted octanol–water partition coefficient (Wildman–Crippen LogP) is 7.14. The molecule has 0 amide bonds. The zero-order valence-corrected chi connectivity index (χ0v) is 16.8. The first-order valence-corrected chi connectivity index (χ1v) is 9.96. The molecule has 3 aromatic heterocycles. The maximum Gasteiger partial charge on any atom is 0.227 e. The third-order valence-corrected chi connectivity index (χ3v) is 5.51. The number of rotatable bonds is 3. The Morgan fingerprint density at radius 1 is 0.793 bits per heavy atom. The van der Waals surface area contributed by atoms with Crippen molar-refractivity contribution >= 4 is 22.1 Å². The average Bonchev–Trinajstić information content (AvgIpc) is 3.12. The van der Waals surface area contributed by atoms with E-state index in [1.807, 2.05) is 18.3 Å². The fraction of sp³-hybridized carbons (Fsp3) is 0.154. The fourth-order valence-corrected chi connectivity index (χ4v) is 3.84. The largest absolute Gasteiger partial charge is 0.437 e. The van der Waals surface area contributed by atoms with Crippen LogP contribution in [-0.4, -0.2) is 9.97 Å². The van der Waals surface area contributed by atoms with Crippen LogP contribution in [-0.2, 0) is 0 Å². The van der Waals surface area contributed by atoms with Crippen molar-refractivity contribution in [3.8, 4) is 22.5 Å². The van der Waals surface area contributed by atoms with E-state index >= 15 is 0 Å². The van der Waals surface area contributed by atoms with E-state index in [0.29, 0.717) is 11.6 Å². The summed E-state index contributed by atoms with van der Waals surface area (Å²) in [5, 5.41) is 2.09. The van der Waals surface area contributed by atoms with E-state index in [1.54, 1.807) is 0 Å². The molecular weight excluding hydrogens is 356 g/mol. The van der Waals surface area contributed by atoms with Crippen LogP contribution in [0.15, 0.2) is 77.3 Å². The van der Waals surface area contributed by atoms with Gasteiger partial charge in [0, 0.05) is 28.1 Å². The third-order valence-electron chi connectivity index (χ3n) is 5.51. The van der Waals surface area contributed by atoms with Gasteiger partial charge in [0.2, 0.25) is 5.71 Å². The van der Waals surface area contributed by atoms with E-state index in [1.165, 1.54) is 11.1 Å². The summed E-state index contributed by atoms with van der Waals surface area (Å²) in [5.41, 5.74) is 7.95. The number of aryl methyl sites for hydroxylation is 1. The average molecular weight is 378 g/mol. The number of furan rings is 1. The van der Waals surface area contributed by atoms with Crippen molar-refractivity contribution in [1.29, 1.82) is 0 Å². The summed E-state index contributed by atoms with van der Waals surface area (Å²) in [5.74, 6) is 0.449. The molecular formula is C26H22N2O. The van der Waals surface area contributed by atoms with Crippen LogP contribution >= 0.6 is 0 Å². The molecule has 142 valence electrons. The van der Waals surface area contributed by atoms with Gasteiger partial charge >= 0.3 is 0 Å². The number of benzene rings is 2. The van der Waals surface area contributed by atoms with Crippen molar-refractivity contribution < 1.29 is 4.42 Å². The predicted molar refractivity (Wildman–Crippen MR) is 119 cm³/mol. The Hall–Kier alpha value is -3.46. The summed E-state index contributed by atoms with van der Waals surface area (Å²) in [6, 6.07) is 22.9. The molecule has 0 aliphatic rings. The molecule has 0 atom stereocenters. The van der Waals surface area contributed by atoms with Crippen LogP contribution < -0.4 is 0 Å². The molecule has 0 bridgehead atoms. The van der Waals surface area contributed by atoms with Gasteiger partial charge in [0.25, 0.3) is 0 Å². The molecule has 0 radical (unpaired) electrons. The zero-order chi connectivity index (χ0) is 20.0. The summed E-state index contributed by atoms with van der Waals surface area (Å²) in [6.45, 7) is 6.49. The maximum atomic E-state index is 6.29. The third kappa shape index (κ3) is 2.99. The zero-order valence-electron chi connectivity index (χ0n) is 16.8. The molecule has 0 aliphatic carbocycles. The lowest BCUT2D eigenvalue weighted by Gasteiger charge is -2.07. The standard InChI is InChI=1S/C26H22N2O/c1-16(2)18-13-14-27-24(15-18)22-10-6-9-20-21-11-12-23(28-26(21)29-25(20)22)19-8-5-4-7-17(19)3/h4-16H,1-3H3. The van der Waals surface area contributed by atoms with Crippen LogP contribution in [0.25, 0.3) is 44.6 Å². The first kappa shape index (κ1) is 17.6. The summed E-state index contributed by atoms with van der Waals surface area (Å²) >= 11 is 0. The molecule has 0 saturated carbocycles. The van der Waals surface area contributed by atoms with Gasteiger partial charge < -0.3 is 4.42 Å². The molecule has 0 unspecified atom stereocenters. The van der Waals surface area contributed by atoms with Gasteiger partial charge in [-0.3, -0.25) is 4.98 Å². The minimum Gasteiger partial charge on any atom is -0.437 e. The van der Waals surface area contributed by atoms with E-state index in [0.717, 1.165) is 38.9 Å². The molecule has 0 saturated heterocycles. The van der Waals surface area contributed by atoms with Crippen LogP contribution in [0.3, 0.4) is 0 Å². The number of pyridine rings is 2. The van der Waals surface area contributed by atoms with Gasteiger partial charge in [0.1, 0.15) is 5.58 Å². The highest BCUT2D eigenvalue weighted by molar-refractivity contribution is 6.08. The molecule has 3 heterocycles.